The van der Waals surface area contributed by atoms with E-state index in [0.717, 1.165) is 29.0 Å². The van der Waals surface area contributed by atoms with Gasteiger partial charge >= 0.3 is 6.18 Å². The van der Waals surface area contributed by atoms with Crippen LogP contribution in [0.2, 0.25) is 0 Å². The normalized spacial score (nSPS) is 12.1. The molecule has 0 bridgehead atoms. The summed E-state index contributed by atoms with van der Waals surface area (Å²) in [6.45, 7) is 0.0345. The van der Waals surface area contributed by atoms with E-state index in [9.17, 15) is 22.8 Å². The minimum absolute atomic E-state index is 0.119. The number of amides is 2. The topological polar surface area (TPSA) is 82.0 Å². The molecule has 3 aromatic carbocycles. The highest BCUT2D eigenvalue weighted by Crippen LogP contribution is 2.29. The Morgan fingerprint density at radius 2 is 1.69 bits per heavy atom. The van der Waals surface area contributed by atoms with Gasteiger partial charge in [0.2, 0.25) is 5.91 Å². The number of alkyl halides is 3. The van der Waals surface area contributed by atoms with E-state index in [-0.39, 0.29) is 31.0 Å². The minimum Gasteiger partial charge on any atom is -0.354 e. The minimum atomic E-state index is -4.56. The van der Waals surface area contributed by atoms with E-state index in [0.29, 0.717) is 5.56 Å². The molecule has 0 aromatic heterocycles. The van der Waals surface area contributed by atoms with E-state index in [1.165, 1.54) is 6.07 Å². The van der Waals surface area contributed by atoms with Gasteiger partial charge in [0.15, 0.2) is 0 Å². The molecule has 0 aliphatic rings. The Bertz CT molecular complexity index is 1170. The van der Waals surface area contributed by atoms with Crippen LogP contribution in [0.1, 0.15) is 33.8 Å². The average molecular weight is 439 g/mol. The number of nitrogens with one attached hydrogen (secondary N) is 2. The van der Waals surface area contributed by atoms with E-state index >= 15 is 0 Å². The van der Waals surface area contributed by atoms with Crippen LogP contribution >= 0.6 is 0 Å². The summed E-state index contributed by atoms with van der Waals surface area (Å²) in [5.74, 6) is -1.89. The summed E-state index contributed by atoms with van der Waals surface area (Å²) in [6.07, 6.45) is -4.43. The Labute approximate surface area is 182 Å². The number of halogens is 3. The smallest absolute Gasteiger partial charge is 0.354 e. The van der Waals surface area contributed by atoms with Gasteiger partial charge in [0.05, 0.1) is 24.0 Å². The van der Waals surface area contributed by atoms with Crippen LogP contribution in [-0.4, -0.2) is 24.9 Å². The highest BCUT2D eigenvalue weighted by atomic mass is 19.4. The molecule has 0 heterocycles. The summed E-state index contributed by atoms with van der Waals surface area (Å²) in [5, 5.41) is 15.8. The van der Waals surface area contributed by atoms with Crippen LogP contribution < -0.4 is 10.6 Å². The molecular weight excluding hydrogens is 419 g/mol. The largest absolute Gasteiger partial charge is 0.416 e. The van der Waals surface area contributed by atoms with Crippen molar-refractivity contribution in [3.05, 3.63) is 83.4 Å². The maximum Gasteiger partial charge on any atom is 0.416 e. The van der Waals surface area contributed by atoms with Crippen LogP contribution in [0.4, 0.5) is 13.2 Å². The van der Waals surface area contributed by atoms with E-state index in [4.69, 9.17) is 5.26 Å². The number of carbonyl (C=O) groups excluding carboxylic acids is 2. The maximum atomic E-state index is 12.9. The Hall–Kier alpha value is -3.86. The summed E-state index contributed by atoms with van der Waals surface area (Å²) < 4.78 is 38.8. The Kier molecular flexibility index (Phi) is 7.11. The van der Waals surface area contributed by atoms with Crippen molar-refractivity contribution in [3.8, 4) is 6.07 Å². The Morgan fingerprint density at radius 3 is 2.41 bits per heavy atom. The third-order valence-electron chi connectivity index (χ3n) is 4.95. The van der Waals surface area contributed by atoms with Crippen molar-refractivity contribution in [2.45, 2.75) is 18.5 Å². The highest BCUT2D eigenvalue weighted by Gasteiger charge is 2.31. The Balaban J connectivity index is 1.81. The number of hydrogen-bond acceptors (Lipinski definition) is 3. The summed E-state index contributed by atoms with van der Waals surface area (Å²) >= 11 is 0. The number of hydrogen-bond donors (Lipinski definition) is 2. The molecule has 2 amide bonds. The number of nitriles is 1. The summed E-state index contributed by atoms with van der Waals surface area (Å²) in [5.41, 5.74) is -0.435. The van der Waals surface area contributed by atoms with Crippen LogP contribution in [0.5, 0.6) is 0 Å². The van der Waals surface area contributed by atoms with Crippen molar-refractivity contribution in [1.82, 2.24) is 10.6 Å². The molecule has 0 aliphatic carbocycles. The number of benzene rings is 3. The molecule has 1 atom stereocenters. The number of nitrogens with zero attached hydrogens (tertiary/aromatic N) is 1. The van der Waals surface area contributed by atoms with Crippen molar-refractivity contribution in [2.24, 2.45) is 0 Å². The van der Waals surface area contributed by atoms with Crippen LogP contribution in [0.15, 0.2) is 66.7 Å². The van der Waals surface area contributed by atoms with Gasteiger partial charge in [-0.15, -0.1) is 0 Å². The molecule has 0 radical (unpaired) electrons. The molecule has 1 unspecified atom stereocenters. The highest BCUT2D eigenvalue weighted by molar-refractivity contribution is 5.95. The molecule has 0 aliphatic heterocycles. The van der Waals surface area contributed by atoms with Gasteiger partial charge in [-0.3, -0.25) is 9.59 Å². The predicted octanol–water partition coefficient (Wildman–Crippen LogP) is 4.40. The lowest BCUT2D eigenvalue weighted by molar-refractivity contribution is -0.137. The molecule has 8 heteroatoms. The predicted molar refractivity (Wildman–Crippen MR) is 114 cm³/mol. The second-order valence-corrected chi connectivity index (χ2v) is 7.15. The van der Waals surface area contributed by atoms with Crippen molar-refractivity contribution in [2.75, 3.05) is 13.1 Å². The lowest BCUT2D eigenvalue weighted by Gasteiger charge is -2.18. The van der Waals surface area contributed by atoms with Crippen molar-refractivity contribution >= 4 is 22.6 Å². The molecule has 164 valence electrons. The molecule has 3 aromatic rings. The van der Waals surface area contributed by atoms with Gasteiger partial charge in [0, 0.05) is 18.7 Å². The van der Waals surface area contributed by atoms with Gasteiger partial charge in [0.25, 0.3) is 5.91 Å². The fraction of sp³-hybridized carbons (Fsp3) is 0.208. The SMILES string of the molecule is N#CCCNC(=O)C(CNC(=O)c1cccc(C(F)(F)F)c1)c1ccc2ccccc2c1. The molecule has 2 N–H and O–H groups in total. The first-order valence-corrected chi connectivity index (χ1v) is 9.88. The monoisotopic (exact) mass is 439 g/mol. The molecule has 0 saturated carbocycles. The fourth-order valence-corrected chi connectivity index (χ4v) is 3.28. The number of fused-ring (bicyclic) bond motifs is 1. The standard InChI is InChI=1S/C24H20F3N3O2/c25-24(26,27)20-8-3-7-19(14-20)22(31)30-15-21(23(32)29-12-4-11-28)18-10-9-16-5-1-2-6-17(16)13-18/h1-3,5-10,13-14,21H,4,12,15H2,(H,29,32)(H,30,31). The molecule has 32 heavy (non-hydrogen) atoms. The zero-order chi connectivity index (χ0) is 23.1. The Morgan fingerprint density at radius 1 is 0.938 bits per heavy atom. The third-order valence-corrected chi connectivity index (χ3v) is 4.95. The maximum absolute atomic E-state index is 12.9. The van der Waals surface area contributed by atoms with Crippen LogP contribution in [0.25, 0.3) is 10.8 Å². The van der Waals surface area contributed by atoms with E-state index in [1.807, 2.05) is 42.5 Å². The zero-order valence-electron chi connectivity index (χ0n) is 16.9. The van der Waals surface area contributed by atoms with E-state index < -0.39 is 23.6 Å². The molecule has 0 spiro atoms. The molecule has 5 nitrogen and oxygen atoms in total. The van der Waals surface area contributed by atoms with Crippen LogP contribution in [0.3, 0.4) is 0 Å². The zero-order valence-corrected chi connectivity index (χ0v) is 16.9. The van der Waals surface area contributed by atoms with Crippen molar-refractivity contribution < 1.29 is 22.8 Å². The third kappa shape index (κ3) is 5.64. The molecule has 0 saturated heterocycles. The average Bonchev–Trinajstić information content (AvgIpc) is 2.78. The van der Waals surface area contributed by atoms with Crippen LogP contribution in [0, 0.1) is 11.3 Å². The van der Waals surface area contributed by atoms with E-state index in [1.54, 1.807) is 6.07 Å². The van der Waals surface area contributed by atoms with Gasteiger partial charge < -0.3 is 10.6 Å². The first kappa shape index (κ1) is 22.8. The fourth-order valence-electron chi connectivity index (χ4n) is 3.28. The second kappa shape index (κ2) is 9.96. The van der Waals surface area contributed by atoms with Gasteiger partial charge in [-0.05, 0) is 34.5 Å². The van der Waals surface area contributed by atoms with Crippen LogP contribution in [-0.2, 0) is 11.0 Å². The van der Waals surface area contributed by atoms with Gasteiger partial charge in [-0.2, -0.15) is 18.4 Å². The first-order valence-electron chi connectivity index (χ1n) is 9.88. The van der Waals surface area contributed by atoms with Gasteiger partial charge in [-0.25, -0.2) is 0 Å². The second-order valence-electron chi connectivity index (χ2n) is 7.15. The molecule has 3 rings (SSSR count). The lowest BCUT2D eigenvalue weighted by Crippen LogP contribution is -2.37. The van der Waals surface area contributed by atoms with Crippen molar-refractivity contribution in [3.63, 3.8) is 0 Å². The number of rotatable bonds is 7. The summed E-state index contributed by atoms with van der Waals surface area (Å²) in [6, 6.07) is 19.1. The lowest BCUT2D eigenvalue weighted by atomic mass is 9.95. The quantitative estimate of drug-likeness (QED) is 0.536. The summed E-state index contributed by atoms with van der Waals surface area (Å²) in [7, 11) is 0. The first-order chi connectivity index (χ1) is 15.3. The van der Waals surface area contributed by atoms with Gasteiger partial charge in [0.1, 0.15) is 0 Å². The molecule has 0 fully saturated rings. The number of carbonyl (C=O) groups is 2. The molecular formula is C24H20F3N3O2. The van der Waals surface area contributed by atoms with Crippen molar-refractivity contribution in [1.29, 1.82) is 5.26 Å². The summed E-state index contributed by atoms with van der Waals surface area (Å²) in [4.78, 5) is 25.3. The van der Waals surface area contributed by atoms with Gasteiger partial charge in [-0.1, -0.05) is 48.5 Å². The van der Waals surface area contributed by atoms with E-state index in [2.05, 4.69) is 10.6 Å².